The van der Waals surface area contributed by atoms with E-state index in [1.807, 2.05) is 18.2 Å². The van der Waals surface area contributed by atoms with Gasteiger partial charge in [0.05, 0.1) is 0 Å². The minimum absolute atomic E-state index is 0.000474. The molecule has 0 saturated carbocycles. The first-order valence-electron chi connectivity index (χ1n) is 9.70. The molecule has 1 aromatic heterocycles. The predicted octanol–water partition coefficient (Wildman–Crippen LogP) is 1.29. The fourth-order valence-corrected chi connectivity index (χ4v) is 3.72. The molecule has 2 aromatic rings. The third kappa shape index (κ3) is 5.37. The van der Waals surface area contributed by atoms with Crippen LogP contribution in [0, 0.1) is 5.41 Å². The van der Waals surface area contributed by atoms with E-state index in [1.165, 1.54) is 5.56 Å². The van der Waals surface area contributed by atoms with Gasteiger partial charge in [-0.25, -0.2) is 9.97 Å². The van der Waals surface area contributed by atoms with Crippen molar-refractivity contribution in [3.05, 3.63) is 46.7 Å². The number of nitrogen functional groups attached to an aromatic ring is 2. The summed E-state index contributed by atoms with van der Waals surface area (Å²) in [6, 6.07) is 10.3. The lowest BCUT2D eigenvalue weighted by Gasteiger charge is -2.40. The first-order valence-corrected chi connectivity index (χ1v) is 10.1. The van der Waals surface area contributed by atoms with E-state index in [9.17, 15) is 4.79 Å². The number of carbonyl (C=O) groups excluding carboxylic acids is 1. The Morgan fingerprint density at radius 3 is 2.53 bits per heavy atom. The van der Waals surface area contributed by atoms with Crippen LogP contribution in [-0.2, 0) is 6.42 Å². The van der Waals surface area contributed by atoms with Crippen molar-refractivity contribution in [3.8, 4) is 0 Å². The summed E-state index contributed by atoms with van der Waals surface area (Å²) >= 11 is 5.84. The van der Waals surface area contributed by atoms with E-state index in [2.05, 4.69) is 44.4 Å². The first kappa shape index (κ1) is 21.8. The topological polar surface area (TPSA) is 149 Å². The number of carbonyl (C=O) groups is 1. The lowest BCUT2D eigenvalue weighted by molar-refractivity contribution is 0.0971. The minimum Gasteiger partial charge on any atom is -0.382 e. The molecule has 0 unspecified atom stereocenters. The fraction of sp³-hybridized carbons (Fsp3) is 0.400. The van der Waals surface area contributed by atoms with Gasteiger partial charge in [-0.2, -0.15) is 0 Å². The number of guanidine groups is 1. The summed E-state index contributed by atoms with van der Waals surface area (Å²) in [5.41, 5.74) is 18.3. The largest absolute Gasteiger partial charge is 0.382 e. The number of hydrogen-bond acceptors (Lipinski definition) is 7. The number of aromatic nitrogens is 2. The van der Waals surface area contributed by atoms with E-state index in [0.29, 0.717) is 6.54 Å². The smallest absolute Gasteiger partial charge is 0.280 e. The van der Waals surface area contributed by atoms with Crippen LogP contribution in [0.25, 0.3) is 0 Å². The number of piperidine rings is 1. The highest BCUT2D eigenvalue weighted by atomic mass is 35.5. The summed E-state index contributed by atoms with van der Waals surface area (Å²) < 4.78 is 0. The van der Waals surface area contributed by atoms with Crippen molar-refractivity contribution < 1.29 is 4.79 Å². The van der Waals surface area contributed by atoms with Gasteiger partial charge >= 0.3 is 0 Å². The number of nitrogens with zero attached hydrogens (tertiary/aromatic N) is 4. The van der Waals surface area contributed by atoms with Gasteiger partial charge in [0, 0.05) is 6.54 Å². The van der Waals surface area contributed by atoms with Crippen LogP contribution in [0.2, 0.25) is 5.15 Å². The van der Waals surface area contributed by atoms with E-state index in [4.69, 9.17) is 28.8 Å². The fourth-order valence-electron chi connectivity index (χ4n) is 3.59. The molecule has 1 fully saturated rings. The molecule has 0 radical (unpaired) electrons. The molecule has 9 nitrogen and oxygen atoms in total. The molecule has 160 valence electrons. The van der Waals surface area contributed by atoms with Crippen molar-refractivity contribution in [2.75, 3.05) is 38.1 Å². The minimum atomic E-state index is -0.636. The number of benzene rings is 1. The lowest BCUT2D eigenvalue weighted by Crippen LogP contribution is -2.43. The zero-order chi connectivity index (χ0) is 21.7. The molecule has 0 aliphatic carbocycles. The first-order chi connectivity index (χ1) is 14.3. The molecule has 0 spiro atoms. The maximum Gasteiger partial charge on any atom is 0.280 e. The van der Waals surface area contributed by atoms with Crippen LogP contribution in [-0.4, -0.2) is 53.4 Å². The zero-order valence-corrected chi connectivity index (χ0v) is 17.7. The second kappa shape index (κ2) is 9.27. The van der Waals surface area contributed by atoms with Gasteiger partial charge in [-0.05, 0) is 50.4 Å². The van der Waals surface area contributed by atoms with Gasteiger partial charge in [0.1, 0.15) is 0 Å². The van der Waals surface area contributed by atoms with Gasteiger partial charge < -0.3 is 22.1 Å². The average molecular weight is 431 g/mol. The number of halogens is 1. The molecule has 1 aliphatic rings. The Bertz CT molecular complexity index is 926. The maximum absolute atomic E-state index is 12.4. The number of amides is 1. The van der Waals surface area contributed by atoms with E-state index in [-0.39, 0.29) is 33.9 Å². The lowest BCUT2D eigenvalue weighted by atomic mass is 9.74. The van der Waals surface area contributed by atoms with Crippen LogP contribution in [0.3, 0.4) is 0 Å². The number of likely N-dealkylation sites (tertiary alicyclic amines) is 1. The SMILES string of the molecule is CN1CCC(CN=C(N)NC(=O)c2nc(Cl)c(N)nc2N)(Cc2ccccc2)CC1. The third-order valence-electron chi connectivity index (χ3n) is 5.42. The Morgan fingerprint density at radius 2 is 1.87 bits per heavy atom. The molecule has 0 bridgehead atoms. The number of hydrogen-bond donors (Lipinski definition) is 4. The monoisotopic (exact) mass is 430 g/mol. The van der Waals surface area contributed by atoms with E-state index in [0.717, 1.165) is 32.4 Å². The second-order valence-corrected chi connectivity index (χ2v) is 8.11. The predicted molar refractivity (Wildman–Crippen MR) is 119 cm³/mol. The van der Waals surface area contributed by atoms with Gasteiger partial charge in [0.15, 0.2) is 28.4 Å². The molecule has 7 N–H and O–H groups in total. The number of anilines is 2. The summed E-state index contributed by atoms with van der Waals surface area (Å²) in [5, 5.41) is 2.41. The highest BCUT2D eigenvalue weighted by molar-refractivity contribution is 6.31. The molecule has 2 heterocycles. The van der Waals surface area contributed by atoms with Crippen molar-refractivity contribution in [3.63, 3.8) is 0 Å². The van der Waals surface area contributed by atoms with Gasteiger partial charge in [-0.1, -0.05) is 41.9 Å². The third-order valence-corrected chi connectivity index (χ3v) is 5.69. The molecule has 1 aromatic carbocycles. The highest BCUT2D eigenvalue weighted by Crippen LogP contribution is 2.35. The molecule has 10 heteroatoms. The van der Waals surface area contributed by atoms with Gasteiger partial charge in [0.2, 0.25) is 0 Å². The van der Waals surface area contributed by atoms with Crippen LogP contribution in [0.1, 0.15) is 28.9 Å². The standard InChI is InChI=1S/C20H27ClN8O/c1-29-9-7-20(8-10-29,11-13-5-3-2-4-6-13)12-25-19(24)28-18(30)14-16(22)27-17(23)15(21)26-14/h2-6H,7-12H2,1H3,(H4,22,23,27)(H3,24,25,28,30). The summed E-state index contributed by atoms with van der Waals surface area (Å²) in [6.45, 7) is 2.49. The number of nitrogens with two attached hydrogens (primary N) is 3. The molecule has 1 aliphatic heterocycles. The summed E-state index contributed by atoms with van der Waals surface area (Å²) in [6.07, 6.45) is 2.89. The van der Waals surface area contributed by atoms with Crippen molar-refractivity contribution >= 4 is 35.1 Å². The average Bonchev–Trinajstić information content (AvgIpc) is 2.72. The van der Waals surface area contributed by atoms with E-state index >= 15 is 0 Å². The normalized spacial score (nSPS) is 16.9. The van der Waals surface area contributed by atoms with Crippen molar-refractivity contribution in [2.45, 2.75) is 19.3 Å². The van der Waals surface area contributed by atoms with E-state index < -0.39 is 5.91 Å². The highest BCUT2D eigenvalue weighted by Gasteiger charge is 2.34. The van der Waals surface area contributed by atoms with Crippen LogP contribution in [0.4, 0.5) is 11.6 Å². The van der Waals surface area contributed by atoms with E-state index in [1.54, 1.807) is 0 Å². The summed E-state index contributed by atoms with van der Waals surface area (Å²) in [7, 11) is 2.12. The van der Waals surface area contributed by atoms with Gasteiger partial charge in [0.25, 0.3) is 5.91 Å². The van der Waals surface area contributed by atoms with Crippen molar-refractivity contribution in [1.29, 1.82) is 0 Å². The van der Waals surface area contributed by atoms with Crippen LogP contribution in [0.15, 0.2) is 35.3 Å². The van der Waals surface area contributed by atoms with Crippen molar-refractivity contribution in [2.24, 2.45) is 16.1 Å². The number of aliphatic imine (C=N–C) groups is 1. The Labute approximate surface area is 180 Å². The molecule has 1 saturated heterocycles. The van der Waals surface area contributed by atoms with Gasteiger partial charge in [-0.3, -0.25) is 15.1 Å². The molecular formula is C20H27ClN8O. The summed E-state index contributed by atoms with van der Waals surface area (Å²) in [5.74, 6) is -0.806. The quantitative estimate of drug-likeness (QED) is 0.412. The molecule has 1 amide bonds. The van der Waals surface area contributed by atoms with Crippen molar-refractivity contribution in [1.82, 2.24) is 20.2 Å². The number of nitrogens with one attached hydrogen (secondary N) is 1. The van der Waals surface area contributed by atoms with Crippen LogP contribution >= 0.6 is 11.6 Å². The maximum atomic E-state index is 12.4. The van der Waals surface area contributed by atoms with Crippen LogP contribution < -0.4 is 22.5 Å². The second-order valence-electron chi connectivity index (χ2n) is 7.75. The molecule has 0 atom stereocenters. The van der Waals surface area contributed by atoms with Gasteiger partial charge in [-0.15, -0.1) is 0 Å². The Morgan fingerprint density at radius 1 is 1.20 bits per heavy atom. The molecule has 30 heavy (non-hydrogen) atoms. The summed E-state index contributed by atoms with van der Waals surface area (Å²) in [4.78, 5) is 26.9. The Kier molecular flexibility index (Phi) is 6.73. The Balaban J connectivity index is 1.72. The zero-order valence-electron chi connectivity index (χ0n) is 16.9. The number of rotatable bonds is 5. The molecule has 3 rings (SSSR count). The Hall–Kier alpha value is -2.91. The molecular weight excluding hydrogens is 404 g/mol. The van der Waals surface area contributed by atoms with Crippen LogP contribution in [0.5, 0.6) is 0 Å².